The summed E-state index contributed by atoms with van der Waals surface area (Å²) in [5.74, 6) is 2.58. The van der Waals surface area contributed by atoms with Crippen LogP contribution in [0.5, 0.6) is 5.75 Å². The summed E-state index contributed by atoms with van der Waals surface area (Å²) in [5.41, 5.74) is 0. The third kappa shape index (κ3) is 4.43. The first kappa shape index (κ1) is 14.7. The molecule has 0 aliphatic carbocycles. The minimum Gasteiger partial charge on any atom is -0.494 e. The van der Waals surface area contributed by atoms with Crippen LogP contribution in [0.1, 0.15) is 19.8 Å². The maximum Gasteiger partial charge on any atom is 0.119 e. The van der Waals surface area contributed by atoms with Gasteiger partial charge in [0.1, 0.15) is 5.75 Å². The lowest BCUT2D eigenvalue weighted by molar-refractivity contribution is 0.282. The summed E-state index contributed by atoms with van der Waals surface area (Å²) in [6.07, 6.45) is 2.23. The standard InChI is InChI=1S/C16H19BrOS/c1-12(7-9-19)6-8-18-16-5-3-13-10-15(17)4-2-14(13)11-16/h2-5,10-12,19H,6-9H2,1H3. The van der Waals surface area contributed by atoms with Crippen LogP contribution in [0.2, 0.25) is 0 Å². The first-order chi connectivity index (χ1) is 9.19. The topological polar surface area (TPSA) is 9.23 Å². The fourth-order valence-corrected chi connectivity index (χ4v) is 2.85. The normalized spacial score (nSPS) is 12.6. The highest BCUT2D eigenvalue weighted by molar-refractivity contribution is 9.10. The van der Waals surface area contributed by atoms with E-state index in [1.165, 1.54) is 10.8 Å². The molecule has 19 heavy (non-hydrogen) atoms. The Morgan fingerprint density at radius 1 is 1.11 bits per heavy atom. The number of ether oxygens (including phenoxy) is 1. The van der Waals surface area contributed by atoms with Gasteiger partial charge in [-0.05, 0) is 59.6 Å². The van der Waals surface area contributed by atoms with E-state index in [2.05, 4.69) is 65.8 Å². The van der Waals surface area contributed by atoms with E-state index in [4.69, 9.17) is 4.74 Å². The van der Waals surface area contributed by atoms with Gasteiger partial charge in [-0.2, -0.15) is 12.6 Å². The molecule has 2 aromatic rings. The number of benzene rings is 2. The number of rotatable bonds is 6. The molecule has 0 aliphatic heterocycles. The van der Waals surface area contributed by atoms with E-state index in [0.717, 1.165) is 35.4 Å². The largest absolute Gasteiger partial charge is 0.494 e. The summed E-state index contributed by atoms with van der Waals surface area (Å²) in [4.78, 5) is 0. The van der Waals surface area contributed by atoms with Gasteiger partial charge in [-0.25, -0.2) is 0 Å². The molecule has 2 rings (SSSR count). The third-order valence-corrected chi connectivity index (χ3v) is 4.03. The van der Waals surface area contributed by atoms with E-state index in [1.54, 1.807) is 0 Å². The molecule has 0 radical (unpaired) electrons. The predicted molar refractivity (Wildman–Crippen MR) is 89.4 cm³/mol. The number of hydrogen-bond acceptors (Lipinski definition) is 2. The predicted octanol–water partition coefficient (Wildman–Crippen LogP) is 5.33. The number of fused-ring (bicyclic) bond motifs is 1. The van der Waals surface area contributed by atoms with E-state index in [9.17, 15) is 0 Å². The van der Waals surface area contributed by atoms with Crippen LogP contribution in [0.4, 0.5) is 0 Å². The fourth-order valence-electron chi connectivity index (χ4n) is 2.03. The molecule has 0 spiro atoms. The Balaban J connectivity index is 1.96. The van der Waals surface area contributed by atoms with Crippen molar-refractivity contribution in [2.24, 2.45) is 5.92 Å². The Hall–Kier alpha value is -0.670. The van der Waals surface area contributed by atoms with Crippen LogP contribution in [-0.4, -0.2) is 12.4 Å². The zero-order chi connectivity index (χ0) is 13.7. The van der Waals surface area contributed by atoms with Crippen LogP contribution in [0.3, 0.4) is 0 Å². The SMILES string of the molecule is CC(CCS)CCOc1ccc2cc(Br)ccc2c1. The highest BCUT2D eigenvalue weighted by Gasteiger charge is 2.02. The van der Waals surface area contributed by atoms with Crippen LogP contribution in [-0.2, 0) is 0 Å². The van der Waals surface area contributed by atoms with Crippen LogP contribution in [0.15, 0.2) is 40.9 Å². The summed E-state index contributed by atoms with van der Waals surface area (Å²) in [6, 6.07) is 12.5. The maximum atomic E-state index is 5.82. The highest BCUT2D eigenvalue weighted by atomic mass is 79.9. The molecule has 0 fully saturated rings. The molecule has 0 heterocycles. The Bertz CT molecular complexity index is 541. The van der Waals surface area contributed by atoms with Gasteiger partial charge in [0.15, 0.2) is 0 Å². The van der Waals surface area contributed by atoms with E-state index < -0.39 is 0 Å². The quantitative estimate of drug-likeness (QED) is 0.700. The van der Waals surface area contributed by atoms with Crippen LogP contribution < -0.4 is 4.74 Å². The lowest BCUT2D eigenvalue weighted by Gasteiger charge is -2.11. The van der Waals surface area contributed by atoms with Gasteiger partial charge in [0.25, 0.3) is 0 Å². The molecular weight excluding hydrogens is 320 g/mol. The Morgan fingerprint density at radius 2 is 1.84 bits per heavy atom. The Labute approximate surface area is 128 Å². The molecule has 0 bridgehead atoms. The fraction of sp³-hybridized carbons (Fsp3) is 0.375. The van der Waals surface area contributed by atoms with E-state index in [1.807, 2.05) is 6.07 Å². The van der Waals surface area contributed by atoms with E-state index >= 15 is 0 Å². The second-order valence-electron chi connectivity index (χ2n) is 4.91. The molecule has 0 N–H and O–H groups in total. The summed E-state index contributed by atoms with van der Waals surface area (Å²) >= 11 is 7.74. The monoisotopic (exact) mass is 338 g/mol. The summed E-state index contributed by atoms with van der Waals surface area (Å²) in [7, 11) is 0. The zero-order valence-electron chi connectivity index (χ0n) is 11.1. The first-order valence-corrected chi connectivity index (χ1v) is 8.04. The van der Waals surface area contributed by atoms with Crippen molar-refractivity contribution in [1.82, 2.24) is 0 Å². The molecule has 0 aromatic heterocycles. The van der Waals surface area contributed by atoms with Gasteiger partial charge in [0.2, 0.25) is 0 Å². The van der Waals surface area contributed by atoms with Gasteiger partial charge in [0, 0.05) is 4.47 Å². The Morgan fingerprint density at radius 3 is 2.63 bits per heavy atom. The van der Waals surface area contributed by atoms with Crippen molar-refractivity contribution in [3.63, 3.8) is 0 Å². The molecule has 1 nitrogen and oxygen atoms in total. The van der Waals surface area contributed by atoms with Crippen LogP contribution in [0, 0.1) is 5.92 Å². The lowest BCUT2D eigenvalue weighted by atomic mass is 10.1. The minimum atomic E-state index is 0.675. The smallest absolute Gasteiger partial charge is 0.119 e. The van der Waals surface area contributed by atoms with Gasteiger partial charge in [0.05, 0.1) is 6.61 Å². The molecule has 1 atom stereocenters. The lowest BCUT2D eigenvalue weighted by Crippen LogP contribution is -2.04. The van der Waals surface area contributed by atoms with Gasteiger partial charge in [-0.15, -0.1) is 0 Å². The van der Waals surface area contributed by atoms with Gasteiger partial charge < -0.3 is 4.74 Å². The number of hydrogen-bond donors (Lipinski definition) is 1. The molecule has 0 saturated heterocycles. The molecule has 1 unspecified atom stereocenters. The average Bonchev–Trinajstić information content (AvgIpc) is 2.39. The third-order valence-electron chi connectivity index (χ3n) is 3.28. The van der Waals surface area contributed by atoms with E-state index in [-0.39, 0.29) is 0 Å². The van der Waals surface area contributed by atoms with Crippen molar-refractivity contribution in [3.05, 3.63) is 40.9 Å². The van der Waals surface area contributed by atoms with E-state index in [0.29, 0.717) is 5.92 Å². The Kier molecular flexibility index (Phi) is 5.59. The highest BCUT2D eigenvalue weighted by Crippen LogP contribution is 2.24. The molecule has 0 saturated carbocycles. The molecule has 0 amide bonds. The molecule has 0 aliphatic rings. The van der Waals surface area contributed by atoms with Crippen molar-refractivity contribution in [1.29, 1.82) is 0 Å². The molecule has 2 aromatic carbocycles. The number of halogens is 1. The summed E-state index contributed by atoms with van der Waals surface area (Å²) in [5, 5.41) is 2.44. The van der Waals surface area contributed by atoms with Crippen LogP contribution >= 0.6 is 28.6 Å². The van der Waals surface area contributed by atoms with Gasteiger partial charge in [-0.1, -0.05) is 35.0 Å². The summed E-state index contributed by atoms with van der Waals surface area (Å²) in [6.45, 7) is 3.02. The minimum absolute atomic E-state index is 0.675. The second kappa shape index (κ2) is 7.20. The van der Waals surface area contributed by atoms with Crippen molar-refractivity contribution in [2.45, 2.75) is 19.8 Å². The molecule has 3 heteroatoms. The maximum absolute atomic E-state index is 5.82. The number of thiol groups is 1. The van der Waals surface area contributed by atoms with Crippen molar-refractivity contribution in [3.8, 4) is 5.75 Å². The average molecular weight is 339 g/mol. The first-order valence-electron chi connectivity index (χ1n) is 6.62. The van der Waals surface area contributed by atoms with Gasteiger partial charge >= 0.3 is 0 Å². The van der Waals surface area contributed by atoms with Crippen molar-refractivity contribution in [2.75, 3.05) is 12.4 Å². The summed E-state index contributed by atoms with van der Waals surface area (Å²) < 4.78 is 6.93. The zero-order valence-corrected chi connectivity index (χ0v) is 13.6. The van der Waals surface area contributed by atoms with Crippen molar-refractivity contribution < 1.29 is 4.74 Å². The molecular formula is C16H19BrOS. The van der Waals surface area contributed by atoms with Crippen molar-refractivity contribution >= 4 is 39.3 Å². The second-order valence-corrected chi connectivity index (χ2v) is 6.27. The molecule has 102 valence electrons. The van der Waals surface area contributed by atoms with Crippen LogP contribution in [0.25, 0.3) is 10.8 Å². The van der Waals surface area contributed by atoms with Gasteiger partial charge in [-0.3, -0.25) is 0 Å².